The van der Waals surface area contributed by atoms with E-state index < -0.39 is 105 Å². The molecule has 0 bridgehead atoms. The first kappa shape index (κ1) is 54.0. The van der Waals surface area contributed by atoms with Crippen LogP contribution in [-0.4, -0.2) is 125 Å². The molecule has 1 heterocycles. The molecule has 2 rings (SSSR count). The van der Waals surface area contributed by atoms with E-state index in [1.54, 1.807) is 24.3 Å². The van der Waals surface area contributed by atoms with Gasteiger partial charge in [-0.1, -0.05) is 42.5 Å². The number of methoxy groups -OCH3 is 1. The van der Waals surface area contributed by atoms with E-state index in [1.807, 2.05) is 6.07 Å². The first-order valence-electron chi connectivity index (χ1n) is 19.6. The van der Waals surface area contributed by atoms with E-state index in [4.69, 9.17) is 70.0 Å². The second-order valence-electron chi connectivity index (χ2n) is 13.6. The first-order chi connectivity index (χ1) is 29.9. The summed E-state index contributed by atoms with van der Waals surface area (Å²) in [7, 11) is -3.00. The minimum Gasteiger partial charge on any atom is -0.465 e. The monoisotopic (exact) mass is 929 g/mol. The number of carbonyl (C=O) groups is 7. The third-order valence-electron chi connectivity index (χ3n) is 8.58. The normalized spacial score (nSPS) is 19.9. The van der Waals surface area contributed by atoms with Crippen LogP contribution < -0.4 is 10.6 Å². The van der Waals surface area contributed by atoms with Gasteiger partial charge >= 0.3 is 37.7 Å². The van der Waals surface area contributed by atoms with E-state index in [9.17, 15) is 38.1 Å². The molecule has 2 N–H and O–H groups in total. The second kappa shape index (κ2) is 27.8. The molecule has 21 nitrogen and oxygen atoms in total. The van der Waals surface area contributed by atoms with Crippen molar-refractivity contribution in [2.75, 3.05) is 46.7 Å². The summed E-state index contributed by atoms with van der Waals surface area (Å²) in [5.74, 6) is -6.46. The highest BCUT2D eigenvalue weighted by atomic mass is 35.5. The summed E-state index contributed by atoms with van der Waals surface area (Å²) in [6.45, 7) is 2.02. The van der Waals surface area contributed by atoms with Gasteiger partial charge in [-0.05, 0) is 30.5 Å². The number of benzene rings is 1. The molecule has 0 aliphatic carbocycles. The molecule has 1 aromatic carbocycles. The Morgan fingerprint density at radius 2 is 1.56 bits per heavy atom. The number of ether oxygens (including phenoxy) is 7. The van der Waals surface area contributed by atoms with Gasteiger partial charge in [-0.2, -0.15) is 5.26 Å². The molecular weight excluding hydrogens is 877 g/mol. The molecule has 0 aromatic heterocycles. The van der Waals surface area contributed by atoms with Crippen LogP contribution in [-0.2, 0) is 91.3 Å². The highest BCUT2D eigenvalue weighted by Gasteiger charge is 2.59. The predicted molar refractivity (Wildman–Crippen MR) is 217 cm³/mol. The van der Waals surface area contributed by atoms with Gasteiger partial charge in [0.2, 0.25) is 5.91 Å². The largest absolute Gasteiger partial charge is 0.475 e. The Morgan fingerprint density at radius 3 is 2.14 bits per heavy atom. The van der Waals surface area contributed by atoms with Crippen molar-refractivity contribution in [2.24, 2.45) is 0 Å². The van der Waals surface area contributed by atoms with Crippen LogP contribution in [0.1, 0.15) is 71.8 Å². The van der Waals surface area contributed by atoms with E-state index in [0.717, 1.165) is 34.8 Å². The highest BCUT2D eigenvalue weighted by Crippen LogP contribution is 2.49. The third-order valence-corrected chi connectivity index (χ3v) is 10.3. The Labute approximate surface area is 369 Å². The second-order valence-corrected chi connectivity index (χ2v) is 15.7. The zero-order valence-corrected chi connectivity index (χ0v) is 37.2. The van der Waals surface area contributed by atoms with Crippen LogP contribution in [0.5, 0.6) is 0 Å². The maximum absolute atomic E-state index is 13.7. The third kappa shape index (κ3) is 19.9. The fourth-order valence-corrected chi connectivity index (χ4v) is 7.25. The molecule has 23 heteroatoms. The maximum Gasteiger partial charge on any atom is 0.475 e. The van der Waals surface area contributed by atoms with Crippen LogP contribution in [0.15, 0.2) is 24.3 Å². The minimum absolute atomic E-state index is 0.0570. The molecule has 7 atom stereocenters. The van der Waals surface area contributed by atoms with Gasteiger partial charge in [0.15, 0.2) is 18.8 Å². The van der Waals surface area contributed by atoms with Crippen molar-refractivity contribution < 1.29 is 84.9 Å². The number of unbranched alkanes of at least 4 members (excludes halogenated alkanes) is 3. The van der Waals surface area contributed by atoms with Crippen molar-refractivity contribution in [2.45, 2.75) is 109 Å². The number of phosphoric ester groups is 1. The average Bonchev–Trinajstić information content (AvgIpc) is 3.22. The van der Waals surface area contributed by atoms with Gasteiger partial charge in [-0.15, -0.1) is 6.42 Å². The number of nitrogens with zero attached hydrogens (tertiary/aromatic N) is 1. The van der Waals surface area contributed by atoms with Crippen molar-refractivity contribution in [3.8, 4) is 18.4 Å². The fraction of sp³-hybridized carbons (Fsp3) is 0.600. The van der Waals surface area contributed by atoms with Crippen LogP contribution in [0.2, 0.25) is 5.02 Å². The summed E-state index contributed by atoms with van der Waals surface area (Å²) in [4.78, 5) is 89.5. The number of terminal acetylenes is 1. The summed E-state index contributed by atoms with van der Waals surface area (Å²) in [5.41, 5.74) is 0.579. The lowest BCUT2D eigenvalue weighted by Gasteiger charge is -2.48. The van der Waals surface area contributed by atoms with E-state index in [-0.39, 0.29) is 45.7 Å². The molecule has 1 aromatic rings. The standard InChI is InChI=1S/C40H53ClN3O18P/c1-7-18-56-63(52,58-21-12-17-42)57-20-11-9-8-10-19-55-40(39(51)53-6)23-32(59-27(3)46)36(44-35(50)25-54-26(2)45)38(62-40)37(61-29(5)48)33(60-28(4)47)24-43-34(49)22-30-13-15-31(41)16-14-30/h1,13-16,32-33,36-38H,8-12,18-25H2,2-6H3,(H,43,49)(H,44,50)/t32-,33+,36+,37+,38+,40+,63?/m0/s1. The quantitative estimate of drug-likeness (QED) is 0.0422. The van der Waals surface area contributed by atoms with Crippen molar-refractivity contribution >= 4 is 61.1 Å². The van der Waals surface area contributed by atoms with Gasteiger partial charge in [0, 0.05) is 32.7 Å². The summed E-state index contributed by atoms with van der Waals surface area (Å²) >= 11 is 5.96. The van der Waals surface area contributed by atoms with Crippen molar-refractivity contribution in [1.82, 2.24) is 10.6 Å². The molecule has 1 unspecified atom stereocenters. The topological polar surface area (TPSA) is 277 Å². The summed E-state index contributed by atoms with van der Waals surface area (Å²) in [6, 6.07) is 6.73. The molecule has 0 radical (unpaired) electrons. The van der Waals surface area contributed by atoms with Crippen molar-refractivity contribution in [1.29, 1.82) is 5.26 Å². The summed E-state index contributed by atoms with van der Waals surface area (Å²) < 4.78 is 67.5. The number of nitriles is 1. The fourth-order valence-electron chi connectivity index (χ4n) is 6.00. The van der Waals surface area contributed by atoms with E-state index >= 15 is 0 Å². The molecule has 1 aliphatic rings. The van der Waals surface area contributed by atoms with Crippen LogP contribution in [0.3, 0.4) is 0 Å². The number of amides is 2. The zero-order valence-electron chi connectivity index (χ0n) is 35.6. The summed E-state index contributed by atoms with van der Waals surface area (Å²) in [6.07, 6.45) is -0.764. The predicted octanol–water partition coefficient (Wildman–Crippen LogP) is 2.78. The zero-order chi connectivity index (χ0) is 47.0. The lowest BCUT2D eigenvalue weighted by molar-refractivity contribution is -0.313. The smallest absolute Gasteiger partial charge is 0.465 e. The van der Waals surface area contributed by atoms with Gasteiger partial charge in [0.1, 0.15) is 18.8 Å². The molecule has 1 saturated heterocycles. The lowest BCUT2D eigenvalue weighted by Crippen LogP contribution is -2.70. The van der Waals surface area contributed by atoms with E-state index in [2.05, 4.69) is 16.6 Å². The van der Waals surface area contributed by atoms with Crippen LogP contribution in [0.25, 0.3) is 0 Å². The molecular formula is C40H53ClN3O18P. The minimum atomic E-state index is -4.03. The molecule has 0 spiro atoms. The Bertz CT molecular complexity index is 1850. The Balaban J connectivity index is 2.47. The average molecular weight is 930 g/mol. The number of carbonyl (C=O) groups excluding carboxylic acids is 7. The lowest BCUT2D eigenvalue weighted by atomic mass is 9.87. The number of hydrogen-bond acceptors (Lipinski definition) is 19. The number of nitrogens with one attached hydrogen (secondary N) is 2. The van der Waals surface area contributed by atoms with Gasteiger partial charge in [-0.25, -0.2) is 9.36 Å². The number of esters is 5. The number of rotatable bonds is 27. The van der Waals surface area contributed by atoms with Crippen LogP contribution in [0, 0.1) is 23.7 Å². The van der Waals surface area contributed by atoms with E-state index in [0.29, 0.717) is 29.8 Å². The first-order valence-corrected chi connectivity index (χ1v) is 21.4. The molecule has 348 valence electrons. The van der Waals surface area contributed by atoms with Crippen molar-refractivity contribution in [3.63, 3.8) is 0 Å². The van der Waals surface area contributed by atoms with Gasteiger partial charge < -0.3 is 43.8 Å². The van der Waals surface area contributed by atoms with Crippen LogP contribution in [0.4, 0.5) is 0 Å². The number of phosphoric acid groups is 1. The highest BCUT2D eigenvalue weighted by molar-refractivity contribution is 7.48. The Hall–Kier alpha value is -5.12. The number of halogens is 1. The van der Waals surface area contributed by atoms with Gasteiger partial charge in [-0.3, -0.25) is 42.3 Å². The summed E-state index contributed by atoms with van der Waals surface area (Å²) in [5, 5.41) is 14.3. The Kier molecular flexibility index (Phi) is 23.9. The SMILES string of the molecule is C#CCOP(=O)(OCCC#N)OCCCCCCO[C@]1(C(=O)OC)C[C@H](OC(C)=O)[C@@H](NC(=O)COC(C)=O)[C@H]([C@H](OC(C)=O)[C@@H](CNC(=O)Cc2ccc(Cl)cc2)OC(C)=O)O1. The number of hydrogen-bond donors (Lipinski definition) is 2. The molecule has 63 heavy (non-hydrogen) atoms. The van der Waals surface area contributed by atoms with Gasteiger partial charge in [0.25, 0.3) is 11.7 Å². The molecule has 1 fully saturated rings. The van der Waals surface area contributed by atoms with Gasteiger partial charge in [0.05, 0.1) is 64.8 Å². The van der Waals surface area contributed by atoms with E-state index in [1.165, 1.54) is 0 Å². The maximum atomic E-state index is 13.7. The Morgan fingerprint density at radius 1 is 0.905 bits per heavy atom. The van der Waals surface area contributed by atoms with Crippen molar-refractivity contribution in [3.05, 3.63) is 34.9 Å². The molecule has 2 amide bonds. The molecule has 0 saturated carbocycles. The van der Waals surface area contributed by atoms with Crippen LogP contribution >= 0.6 is 19.4 Å². The molecule has 1 aliphatic heterocycles.